The summed E-state index contributed by atoms with van der Waals surface area (Å²) in [7, 11) is -1.12. The first-order chi connectivity index (χ1) is 21.4. The van der Waals surface area contributed by atoms with Crippen molar-refractivity contribution >= 4 is 62.7 Å². The van der Waals surface area contributed by atoms with Crippen LogP contribution in [0.1, 0.15) is 37.7 Å². The van der Waals surface area contributed by atoms with Crippen molar-refractivity contribution in [1.29, 1.82) is 0 Å². The molecule has 0 N–H and O–H groups in total. The molecule has 2 heteroatoms. The highest BCUT2D eigenvalue weighted by atomic mass is 31.2. The Bertz CT molecular complexity index is 1890. The van der Waals surface area contributed by atoms with Gasteiger partial charge in [-0.1, -0.05) is 157 Å². The Balaban J connectivity index is 1.56. The third-order valence-electron chi connectivity index (χ3n) is 9.65. The lowest BCUT2D eigenvalue weighted by Crippen LogP contribution is -2.45. The van der Waals surface area contributed by atoms with Gasteiger partial charge in [-0.05, 0) is 68.3 Å². The first kappa shape index (κ1) is 29.1. The van der Waals surface area contributed by atoms with Gasteiger partial charge in [-0.25, -0.2) is 0 Å². The van der Waals surface area contributed by atoms with Crippen molar-refractivity contribution in [3.63, 3.8) is 0 Å². The molecule has 0 saturated heterocycles. The molecule has 218 valence electrons. The van der Waals surface area contributed by atoms with Gasteiger partial charge in [0.25, 0.3) is 0 Å². The molecule has 1 fully saturated rings. The van der Waals surface area contributed by atoms with Crippen molar-refractivity contribution < 1.29 is 0 Å². The molecule has 44 heavy (non-hydrogen) atoms. The second kappa shape index (κ2) is 12.4. The number of benzene rings is 6. The molecule has 0 nitrogen and oxygen atoms in total. The molecule has 6 aromatic carbocycles. The standard InChI is InChI=1S/C42H43BP/c1-44(2,3)30-41(34-16-5-4-6-17-34)42(38-22-21-31-13-7-10-18-35(31)27-38)43(39-25-23-32-14-8-11-19-36(32)28-39)40-26-24-33-15-9-12-20-37(33)29-40/h7-15,18-29,34H,4-6,16-17,30H2,1-3H3/q+1/b42-41+. The monoisotopic (exact) mass is 589 g/mol. The second-order valence-electron chi connectivity index (χ2n) is 13.9. The molecule has 0 heterocycles. The van der Waals surface area contributed by atoms with Gasteiger partial charge in [0, 0.05) is 27.3 Å². The Morgan fingerprint density at radius 1 is 0.545 bits per heavy atom. The van der Waals surface area contributed by atoms with E-state index < -0.39 is 7.26 Å². The molecule has 0 aliphatic heterocycles. The van der Waals surface area contributed by atoms with Gasteiger partial charge < -0.3 is 0 Å². The molecule has 0 aromatic heterocycles. The maximum atomic E-state index is 2.54. The van der Waals surface area contributed by atoms with E-state index in [4.69, 9.17) is 0 Å². The fourth-order valence-electron chi connectivity index (χ4n) is 7.59. The lowest BCUT2D eigenvalue weighted by molar-refractivity contribution is 0.405. The predicted molar refractivity (Wildman–Crippen MR) is 200 cm³/mol. The van der Waals surface area contributed by atoms with Crippen LogP contribution in [0, 0.1) is 5.92 Å². The first-order valence-electron chi connectivity index (χ1n) is 16.4. The Kier molecular flexibility index (Phi) is 8.18. The van der Waals surface area contributed by atoms with Crippen LogP contribution >= 0.6 is 7.26 Å². The summed E-state index contributed by atoms with van der Waals surface area (Å²) < 4.78 is 0. The maximum absolute atomic E-state index is 2.54. The van der Waals surface area contributed by atoms with Crippen molar-refractivity contribution in [1.82, 2.24) is 0 Å². The van der Waals surface area contributed by atoms with Crippen LogP contribution in [-0.2, 0) is 0 Å². The van der Waals surface area contributed by atoms with Crippen LogP contribution in [0.3, 0.4) is 0 Å². The van der Waals surface area contributed by atoms with E-state index in [9.17, 15) is 0 Å². The van der Waals surface area contributed by atoms with E-state index in [1.54, 1.807) is 11.0 Å². The number of fused-ring (bicyclic) bond motifs is 3. The molecular weight excluding hydrogens is 546 g/mol. The minimum Gasteiger partial charge on any atom is -0.0680 e. The van der Waals surface area contributed by atoms with E-state index in [0.717, 1.165) is 0 Å². The van der Waals surface area contributed by atoms with Crippen LogP contribution in [0.15, 0.2) is 133 Å². The Hall–Kier alpha value is -3.67. The second-order valence-corrected chi connectivity index (χ2v) is 18.8. The minimum absolute atomic E-state index is 0.147. The highest BCUT2D eigenvalue weighted by Crippen LogP contribution is 2.52. The molecule has 0 spiro atoms. The van der Waals surface area contributed by atoms with E-state index >= 15 is 0 Å². The number of rotatable bonds is 7. The van der Waals surface area contributed by atoms with Gasteiger partial charge in [0.1, 0.15) is 0 Å². The van der Waals surface area contributed by atoms with Crippen LogP contribution in [0.2, 0.25) is 0 Å². The molecule has 0 amide bonds. The predicted octanol–water partition coefficient (Wildman–Crippen LogP) is 10.2. The van der Waals surface area contributed by atoms with E-state index in [1.165, 1.54) is 87.1 Å². The van der Waals surface area contributed by atoms with Gasteiger partial charge in [-0.2, -0.15) is 0 Å². The van der Waals surface area contributed by atoms with Gasteiger partial charge in [0.05, 0.1) is 6.16 Å². The summed E-state index contributed by atoms with van der Waals surface area (Å²) in [4.78, 5) is 0. The van der Waals surface area contributed by atoms with Crippen LogP contribution in [0.5, 0.6) is 0 Å². The zero-order chi connectivity index (χ0) is 30.1. The number of hydrogen-bond acceptors (Lipinski definition) is 0. The smallest absolute Gasteiger partial charge is 0.0680 e. The summed E-state index contributed by atoms with van der Waals surface area (Å²) >= 11 is 0. The Morgan fingerprint density at radius 2 is 1.00 bits per heavy atom. The minimum atomic E-state index is -1.12. The molecule has 1 saturated carbocycles. The highest BCUT2D eigenvalue weighted by molar-refractivity contribution is 7.74. The van der Waals surface area contributed by atoms with Gasteiger partial charge in [-0.3, -0.25) is 0 Å². The zero-order valence-corrected chi connectivity index (χ0v) is 27.4. The Labute approximate surface area is 264 Å². The molecule has 1 aliphatic rings. The van der Waals surface area contributed by atoms with Crippen molar-refractivity contribution in [2.75, 3.05) is 26.2 Å². The summed E-state index contributed by atoms with van der Waals surface area (Å²) in [5, 5.41) is 7.88. The van der Waals surface area contributed by atoms with Crippen molar-refractivity contribution in [3.8, 4) is 0 Å². The molecule has 7 rings (SSSR count). The largest absolute Gasteiger partial charge is 0.242 e. The fourth-order valence-corrected chi connectivity index (χ4v) is 9.04. The van der Waals surface area contributed by atoms with E-state index in [-0.39, 0.29) is 6.71 Å². The summed E-state index contributed by atoms with van der Waals surface area (Å²) in [5.74, 6) is 0.646. The van der Waals surface area contributed by atoms with Crippen molar-refractivity contribution in [2.45, 2.75) is 32.1 Å². The highest BCUT2D eigenvalue weighted by Gasteiger charge is 2.35. The fraction of sp³-hybridized carbons (Fsp3) is 0.238. The van der Waals surface area contributed by atoms with E-state index in [0.29, 0.717) is 5.92 Å². The zero-order valence-electron chi connectivity index (χ0n) is 26.5. The lowest BCUT2D eigenvalue weighted by atomic mass is 9.34. The number of allylic oxidation sites excluding steroid dienone is 1. The normalized spacial score (nSPS) is 15.1. The van der Waals surface area contributed by atoms with Crippen LogP contribution < -0.4 is 10.9 Å². The summed E-state index contributed by atoms with van der Waals surface area (Å²) in [6, 6.07) is 48.3. The Morgan fingerprint density at radius 3 is 1.50 bits per heavy atom. The van der Waals surface area contributed by atoms with E-state index in [2.05, 4.69) is 147 Å². The number of hydrogen-bond donors (Lipinski definition) is 0. The molecule has 0 bridgehead atoms. The average Bonchev–Trinajstić information content (AvgIpc) is 3.05. The van der Waals surface area contributed by atoms with E-state index in [1.807, 2.05) is 0 Å². The van der Waals surface area contributed by atoms with Gasteiger partial charge >= 0.3 is 0 Å². The van der Waals surface area contributed by atoms with Crippen LogP contribution in [0.25, 0.3) is 37.8 Å². The molecule has 0 unspecified atom stereocenters. The SMILES string of the molecule is C[P+](C)(C)C/C(=C(\B(c1ccc2ccccc2c1)c1ccc2ccccc2c1)c1ccc2ccccc2c1)C1CCCCC1. The molecule has 6 aromatic rings. The molecule has 1 aliphatic carbocycles. The summed E-state index contributed by atoms with van der Waals surface area (Å²) in [5.41, 5.74) is 7.46. The van der Waals surface area contributed by atoms with Gasteiger partial charge in [0.2, 0.25) is 6.71 Å². The van der Waals surface area contributed by atoms with Crippen LogP contribution in [-0.4, -0.2) is 32.9 Å². The quantitative estimate of drug-likeness (QED) is 0.128. The van der Waals surface area contributed by atoms with Crippen molar-refractivity contribution in [3.05, 3.63) is 139 Å². The molecule has 0 radical (unpaired) electrons. The summed E-state index contributed by atoms with van der Waals surface area (Å²) in [6.07, 6.45) is 7.91. The molecule has 0 atom stereocenters. The maximum Gasteiger partial charge on any atom is 0.242 e. The first-order valence-corrected chi connectivity index (χ1v) is 19.7. The molecular formula is C42H43BP+. The van der Waals surface area contributed by atoms with Gasteiger partial charge in [-0.15, -0.1) is 0 Å². The third kappa shape index (κ3) is 6.13. The van der Waals surface area contributed by atoms with Crippen LogP contribution in [0.4, 0.5) is 0 Å². The average molecular weight is 590 g/mol. The summed E-state index contributed by atoms with van der Waals surface area (Å²) in [6.45, 7) is 7.76. The third-order valence-corrected chi connectivity index (χ3v) is 10.9. The topological polar surface area (TPSA) is 0 Å². The van der Waals surface area contributed by atoms with Gasteiger partial charge in [0.15, 0.2) is 0 Å². The van der Waals surface area contributed by atoms with Crippen molar-refractivity contribution in [2.24, 2.45) is 5.92 Å². The lowest BCUT2D eigenvalue weighted by Gasteiger charge is -2.32.